The lowest BCUT2D eigenvalue weighted by Gasteiger charge is -2.15. The van der Waals surface area contributed by atoms with E-state index in [1.165, 1.54) is 0 Å². The molecule has 0 saturated heterocycles. The first-order valence-electron chi connectivity index (χ1n) is 10.0. The van der Waals surface area contributed by atoms with Crippen LogP contribution in [-0.4, -0.2) is 25.2 Å². The highest BCUT2D eigenvalue weighted by atomic mass is 16.5. The molecule has 1 aliphatic rings. The molecule has 0 heterocycles. The van der Waals surface area contributed by atoms with Crippen molar-refractivity contribution in [2.24, 2.45) is 5.92 Å². The molecule has 0 aromatic rings. The van der Waals surface area contributed by atoms with Crippen molar-refractivity contribution in [2.45, 2.75) is 72.1 Å². The van der Waals surface area contributed by atoms with Crippen LogP contribution in [0.5, 0.6) is 0 Å². The number of carbonyl (C=O) groups excluding carboxylic acids is 2. The van der Waals surface area contributed by atoms with Gasteiger partial charge in [-0.05, 0) is 19.8 Å². The normalized spacial score (nSPS) is 16.5. The third kappa shape index (κ3) is 8.50. The molecule has 4 nitrogen and oxygen atoms in total. The Kier molecular flexibility index (Phi) is 11.4. The fourth-order valence-corrected chi connectivity index (χ4v) is 2.77. The number of carbonyl (C=O) groups is 2. The molecule has 0 aromatic carbocycles. The number of ether oxygens (including phenoxy) is 2. The number of hydrogen-bond acceptors (Lipinski definition) is 4. The molecule has 0 saturated carbocycles. The largest absolute Gasteiger partial charge is 0.465 e. The van der Waals surface area contributed by atoms with Gasteiger partial charge in [-0.25, -0.2) is 4.79 Å². The first-order valence-corrected chi connectivity index (χ1v) is 10.0. The van der Waals surface area contributed by atoms with E-state index < -0.39 is 11.9 Å². The summed E-state index contributed by atoms with van der Waals surface area (Å²) >= 11 is 0. The van der Waals surface area contributed by atoms with E-state index in [-0.39, 0.29) is 5.97 Å². The maximum Gasteiger partial charge on any atom is 0.335 e. The quantitative estimate of drug-likeness (QED) is 0.349. The lowest BCUT2D eigenvalue weighted by Crippen LogP contribution is -2.24. The van der Waals surface area contributed by atoms with Gasteiger partial charge in [0.2, 0.25) is 0 Å². The summed E-state index contributed by atoms with van der Waals surface area (Å²) in [5, 5.41) is 0. The van der Waals surface area contributed by atoms with Crippen LogP contribution in [0.25, 0.3) is 0 Å². The maximum absolute atomic E-state index is 12.5. The molecule has 0 spiro atoms. The third-order valence-electron chi connectivity index (χ3n) is 4.36. The average Bonchev–Trinajstić information content (AvgIpc) is 2.82. The molecule has 26 heavy (non-hydrogen) atoms. The molecule has 0 amide bonds. The van der Waals surface area contributed by atoms with Crippen LogP contribution in [0, 0.1) is 5.92 Å². The standard InChI is InChI=1S/C22H34O4/c1-4-6-8-10-15-25-21(23)19-14-12-13-18(3)17-20(19)22(24)26-16-11-9-7-5-2/h12-14,17,20H,4-11,15-16H2,1-3H3. The minimum Gasteiger partial charge on any atom is -0.465 e. The van der Waals surface area contributed by atoms with Gasteiger partial charge in [-0.1, -0.05) is 82.2 Å². The predicted octanol–water partition coefficient (Wildman–Crippen LogP) is 5.29. The Morgan fingerprint density at radius 2 is 1.54 bits per heavy atom. The second kappa shape index (κ2) is 13.4. The minimum absolute atomic E-state index is 0.354. The highest BCUT2D eigenvalue weighted by Crippen LogP contribution is 2.22. The molecule has 0 bridgehead atoms. The van der Waals surface area contributed by atoms with Gasteiger partial charge in [0.15, 0.2) is 0 Å². The van der Waals surface area contributed by atoms with Crippen molar-refractivity contribution in [1.82, 2.24) is 0 Å². The molecule has 1 atom stereocenters. The first kappa shape index (κ1) is 22.2. The number of unbranched alkanes of at least 4 members (excludes halogenated alkanes) is 6. The van der Waals surface area contributed by atoms with Crippen molar-refractivity contribution >= 4 is 11.9 Å². The van der Waals surface area contributed by atoms with Gasteiger partial charge >= 0.3 is 11.9 Å². The van der Waals surface area contributed by atoms with Gasteiger partial charge in [0.05, 0.1) is 18.8 Å². The van der Waals surface area contributed by atoms with E-state index in [0.29, 0.717) is 18.8 Å². The number of allylic oxidation sites excluding steroid dienone is 4. The topological polar surface area (TPSA) is 52.6 Å². The van der Waals surface area contributed by atoms with E-state index in [0.717, 1.165) is 56.9 Å². The fourth-order valence-electron chi connectivity index (χ4n) is 2.77. The van der Waals surface area contributed by atoms with Gasteiger partial charge in [0, 0.05) is 0 Å². The Morgan fingerprint density at radius 3 is 2.15 bits per heavy atom. The van der Waals surface area contributed by atoms with E-state index in [2.05, 4.69) is 13.8 Å². The second-order valence-corrected chi connectivity index (χ2v) is 6.79. The van der Waals surface area contributed by atoms with Gasteiger partial charge in [-0.2, -0.15) is 0 Å². The van der Waals surface area contributed by atoms with Gasteiger partial charge in [0.1, 0.15) is 5.92 Å². The molecule has 0 fully saturated rings. The first-order chi connectivity index (χ1) is 12.6. The van der Waals surface area contributed by atoms with Crippen LogP contribution in [0.4, 0.5) is 0 Å². The number of esters is 2. The molecule has 4 heteroatoms. The van der Waals surface area contributed by atoms with Crippen molar-refractivity contribution in [3.63, 3.8) is 0 Å². The predicted molar refractivity (Wildman–Crippen MR) is 105 cm³/mol. The number of hydrogen-bond donors (Lipinski definition) is 0. The molecule has 146 valence electrons. The summed E-state index contributed by atoms with van der Waals surface area (Å²) < 4.78 is 10.8. The Bertz CT molecular complexity index is 528. The second-order valence-electron chi connectivity index (χ2n) is 6.79. The Balaban J connectivity index is 2.61. The molecule has 0 aliphatic heterocycles. The van der Waals surface area contributed by atoms with Crippen molar-refractivity contribution < 1.29 is 19.1 Å². The van der Waals surface area contributed by atoms with Crippen LogP contribution in [0.15, 0.2) is 35.5 Å². The molecular weight excluding hydrogens is 328 g/mol. The van der Waals surface area contributed by atoms with Gasteiger partial charge in [-0.3, -0.25) is 4.79 Å². The van der Waals surface area contributed by atoms with Gasteiger partial charge in [0.25, 0.3) is 0 Å². The zero-order valence-electron chi connectivity index (χ0n) is 16.6. The van der Waals surface area contributed by atoms with Crippen LogP contribution in [0.3, 0.4) is 0 Å². The van der Waals surface area contributed by atoms with Crippen LogP contribution in [-0.2, 0) is 19.1 Å². The van der Waals surface area contributed by atoms with Crippen LogP contribution < -0.4 is 0 Å². The van der Waals surface area contributed by atoms with Crippen LogP contribution >= 0.6 is 0 Å². The van der Waals surface area contributed by atoms with Crippen molar-refractivity contribution in [2.75, 3.05) is 13.2 Å². The lowest BCUT2D eigenvalue weighted by atomic mass is 9.97. The summed E-state index contributed by atoms with van der Waals surface area (Å²) in [6, 6.07) is 0. The van der Waals surface area contributed by atoms with E-state index >= 15 is 0 Å². The molecule has 0 aromatic heterocycles. The lowest BCUT2D eigenvalue weighted by molar-refractivity contribution is -0.149. The van der Waals surface area contributed by atoms with Crippen molar-refractivity contribution in [3.8, 4) is 0 Å². The van der Waals surface area contributed by atoms with Crippen LogP contribution in [0.2, 0.25) is 0 Å². The van der Waals surface area contributed by atoms with Gasteiger partial charge in [-0.15, -0.1) is 0 Å². The molecule has 1 aliphatic carbocycles. The average molecular weight is 363 g/mol. The summed E-state index contributed by atoms with van der Waals surface area (Å²) in [7, 11) is 0. The Labute approximate surface area is 158 Å². The van der Waals surface area contributed by atoms with E-state index in [1.807, 2.05) is 13.0 Å². The Morgan fingerprint density at radius 1 is 0.923 bits per heavy atom. The molecule has 1 rings (SSSR count). The molecule has 0 radical (unpaired) electrons. The van der Waals surface area contributed by atoms with E-state index in [4.69, 9.17) is 9.47 Å². The summed E-state index contributed by atoms with van der Waals surface area (Å²) in [5.74, 6) is -1.50. The highest BCUT2D eigenvalue weighted by molar-refractivity contribution is 5.97. The summed E-state index contributed by atoms with van der Waals surface area (Å²) in [4.78, 5) is 25.0. The van der Waals surface area contributed by atoms with Crippen LogP contribution in [0.1, 0.15) is 72.1 Å². The minimum atomic E-state index is -0.695. The highest BCUT2D eigenvalue weighted by Gasteiger charge is 2.28. The maximum atomic E-state index is 12.5. The van der Waals surface area contributed by atoms with Gasteiger partial charge < -0.3 is 9.47 Å². The Hall–Kier alpha value is -1.84. The van der Waals surface area contributed by atoms with Crippen molar-refractivity contribution in [1.29, 1.82) is 0 Å². The summed E-state index contributed by atoms with van der Waals surface area (Å²) in [6.45, 7) is 6.98. The monoisotopic (exact) mass is 362 g/mol. The molecule has 0 N–H and O–H groups in total. The third-order valence-corrected chi connectivity index (χ3v) is 4.36. The molecule has 1 unspecified atom stereocenters. The molecular formula is C22H34O4. The van der Waals surface area contributed by atoms with E-state index in [9.17, 15) is 9.59 Å². The zero-order valence-corrected chi connectivity index (χ0v) is 16.6. The van der Waals surface area contributed by atoms with Crippen molar-refractivity contribution in [3.05, 3.63) is 35.5 Å². The zero-order chi connectivity index (χ0) is 19.2. The SMILES string of the molecule is CCCCCCOC(=O)C1=CC=CC(C)=CC1C(=O)OCCCCCC. The number of rotatable bonds is 12. The smallest absolute Gasteiger partial charge is 0.335 e. The summed E-state index contributed by atoms with van der Waals surface area (Å²) in [6.07, 6.45) is 15.5. The fraction of sp³-hybridized carbons (Fsp3) is 0.636. The summed E-state index contributed by atoms with van der Waals surface area (Å²) in [5.41, 5.74) is 1.28. The van der Waals surface area contributed by atoms with E-state index in [1.54, 1.807) is 18.2 Å².